The SMILES string of the molecule is COc1ccccc1OCCNC(=O)[C@H](C)Cc1cccc2ccccc12. The summed E-state index contributed by atoms with van der Waals surface area (Å²) >= 11 is 0. The summed E-state index contributed by atoms with van der Waals surface area (Å²) in [5, 5.41) is 5.36. The third kappa shape index (κ3) is 4.79. The number of benzene rings is 3. The summed E-state index contributed by atoms with van der Waals surface area (Å²) in [6, 6.07) is 22.0. The molecule has 3 aromatic rings. The fourth-order valence-electron chi connectivity index (χ4n) is 3.14. The first kappa shape index (κ1) is 18.8. The topological polar surface area (TPSA) is 47.6 Å². The number of fused-ring (bicyclic) bond motifs is 1. The maximum absolute atomic E-state index is 12.4. The molecule has 0 fully saturated rings. The minimum atomic E-state index is -0.109. The summed E-state index contributed by atoms with van der Waals surface area (Å²) in [4.78, 5) is 12.4. The Hall–Kier alpha value is -3.01. The Kier molecular flexibility index (Phi) is 6.31. The van der Waals surface area contributed by atoms with E-state index in [0.29, 0.717) is 31.1 Å². The van der Waals surface area contributed by atoms with Crippen molar-refractivity contribution in [2.45, 2.75) is 13.3 Å². The van der Waals surface area contributed by atoms with Crippen LogP contribution in [0, 0.1) is 5.92 Å². The highest BCUT2D eigenvalue weighted by Gasteiger charge is 2.14. The number of hydrogen-bond acceptors (Lipinski definition) is 3. The molecule has 0 aromatic heterocycles. The monoisotopic (exact) mass is 363 g/mol. The molecule has 140 valence electrons. The highest BCUT2D eigenvalue weighted by Crippen LogP contribution is 2.25. The summed E-state index contributed by atoms with van der Waals surface area (Å²) in [6.45, 7) is 2.81. The highest BCUT2D eigenvalue weighted by atomic mass is 16.5. The predicted octanol–water partition coefficient (Wildman–Crippen LogP) is 4.22. The number of methoxy groups -OCH3 is 1. The zero-order valence-electron chi connectivity index (χ0n) is 15.8. The average molecular weight is 363 g/mol. The van der Waals surface area contributed by atoms with Crippen LogP contribution in [-0.4, -0.2) is 26.2 Å². The molecule has 0 saturated carbocycles. The Bertz CT molecular complexity index is 902. The van der Waals surface area contributed by atoms with Gasteiger partial charge in [0.05, 0.1) is 13.7 Å². The van der Waals surface area contributed by atoms with Crippen LogP contribution in [-0.2, 0) is 11.2 Å². The molecule has 1 N–H and O–H groups in total. The van der Waals surface area contributed by atoms with Crippen LogP contribution in [0.15, 0.2) is 66.7 Å². The van der Waals surface area contributed by atoms with Crippen LogP contribution in [0.4, 0.5) is 0 Å². The summed E-state index contributed by atoms with van der Waals surface area (Å²) < 4.78 is 10.9. The van der Waals surface area contributed by atoms with E-state index in [1.165, 1.54) is 16.3 Å². The van der Waals surface area contributed by atoms with Gasteiger partial charge in [0.15, 0.2) is 11.5 Å². The van der Waals surface area contributed by atoms with E-state index in [0.717, 1.165) is 0 Å². The van der Waals surface area contributed by atoms with Gasteiger partial charge in [-0.3, -0.25) is 4.79 Å². The van der Waals surface area contributed by atoms with Gasteiger partial charge in [0, 0.05) is 5.92 Å². The smallest absolute Gasteiger partial charge is 0.223 e. The standard InChI is InChI=1S/C23H25NO3/c1-17(16-19-10-7-9-18-8-3-4-11-20(18)19)23(25)24-14-15-27-22-13-6-5-12-21(22)26-2/h3-13,17H,14-16H2,1-2H3,(H,24,25)/t17-/m1/s1. The summed E-state index contributed by atoms with van der Waals surface area (Å²) in [7, 11) is 1.61. The fraction of sp³-hybridized carbons (Fsp3) is 0.261. The molecule has 0 radical (unpaired) electrons. The molecule has 1 atom stereocenters. The van der Waals surface area contributed by atoms with E-state index in [9.17, 15) is 4.79 Å². The maximum atomic E-state index is 12.4. The zero-order valence-corrected chi connectivity index (χ0v) is 15.8. The molecule has 0 unspecified atom stereocenters. The molecule has 0 bridgehead atoms. The lowest BCUT2D eigenvalue weighted by molar-refractivity contribution is -0.124. The molecule has 0 saturated heterocycles. The van der Waals surface area contributed by atoms with Crippen molar-refractivity contribution < 1.29 is 14.3 Å². The van der Waals surface area contributed by atoms with Gasteiger partial charge in [-0.2, -0.15) is 0 Å². The normalized spacial score (nSPS) is 11.8. The molecular formula is C23H25NO3. The second-order valence-electron chi connectivity index (χ2n) is 6.53. The van der Waals surface area contributed by atoms with Crippen LogP contribution in [0.3, 0.4) is 0 Å². The van der Waals surface area contributed by atoms with Crippen LogP contribution >= 0.6 is 0 Å². The van der Waals surface area contributed by atoms with E-state index in [1.807, 2.05) is 49.4 Å². The molecule has 0 spiro atoms. The van der Waals surface area contributed by atoms with Crippen molar-refractivity contribution in [2.24, 2.45) is 5.92 Å². The Morgan fingerprint density at radius 1 is 0.963 bits per heavy atom. The minimum Gasteiger partial charge on any atom is -0.493 e. The molecule has 4 heteroatoms. The second-order valence-corrected chi connectivity index (χ2v) is 6.53. The van der Waals surface area contributed by atoms with Gasteiger partial charge in [-0.05, 0) is 34.9 Å². The first-order chi connectivity index (χ1) is 13.2. The Labute approximate surface area is 160 Å². The van der Waals surface area contributed by atoms with Crippen LogP contribution in [0.25, 0.3) is 10.8 Å². The quantitative estimate of drug-likeness (QED) is 0.610. The van der Waals surface area contributed by atoms with E-state index in [-0.39, 0.29) is 11.8 Å². The molecular weight excluding hydrogens is 338 g/mol. The lowest BCUT2D eigenvalue weighted by Gasteiger charge is -2.15. The van der Waals surface area contributed by atoms with Crippen molar-refractivity contribution in [2.75, 3.05) is 20.3 Å². The summed E-state index contributed by atoms with van der Waals surface area (Å²) in [5.74, 6) is 1.29. The number of carbonyl (C=O) groups is 1. The molecule has 3 rings (SSSR count). The van der Waals surface area contributed by atoms with Gasteiger partial charge in [0.25, 0.3) is 0 Å². The number of carbonyl (C=O) groups excluding carboxylic acids is 1. The van der Waals surface area contributed by atoms with Crippen molar-refractivity contribution in [3.8, 4) is 11.5 Å². The number of hydrogen-bond donors (Lipinski definition) is 1. The van der Waals surface area contributed by atoms with E-state index >= 15 is 0 Å². The van der Waals surface area contributed by atoms with Crippen LogP contribution in [0.2, 0.25) is 0 Å². The first-order valence-corrected chi connectivity index (χ1v) is 9.19. The second kappa shape index (κ2) is 9.08. The van der Waals surface area contributed by atoms with Crippen LogP contribution in [0.1, 0.15) is 12.5 Å². The van der Waals surface area contributed by atoms with Crippen molar-refractivity contribution in [1.82, 2.24) is 5.32 Å². The Morgan fingerprint density at radius 2 is 1.67 bits per heavy atom. The van der Waals surface area contributed by atoms with E-state index < -0.39 is 0 Å². The lowest BCUT2D eigenvalue weighted by Crippen LogP contribution is -2.33. The molecule has 0 heterocycles. The van der Waals surface area contributed by atoms with Crippen LogP contribution in [0.5, 0.6) is 11.5 Å². The summed E-state index contributed by atoms with van der Waals surface area (Å²) in [6.07, 6.45) is 0.709. The van der Waals surface area contributed by atoms with Gasteiger partial charge in [-0.25, -0.2) is 0 Å². The van der Waals surface area contributed by atoms with Gasteiger partial charge in [-0.15, -0.1) is 0 Å². The van der Waals surface area contributed by atoms with Crippen molar-refractivity contribution in [1.29, 1.82) is 0 Å². The minimum absolute atomic E-state index is 0.0339. The maximum Gasteiger partial charge on any atom is 0.223 e. The molecule has 1 amide bonds. The Morgan fingerprint density at radius 3 is 2.48 bits per heavy atom. The number of amides is 1. The fourth-order valence-corrected chi connectivity index (χ4v) is 3.14. The number of ether oxygens (including phenoxy) is 2. The predicted molar refractivity (Wildman–Crippen MR) is 108 cm³/mol. The average Bonchev–Trinajstić information content (AvgIpc) is 2.71. The van der Waals surface area contributed by atoms with Gasteiger partial charge in [0.2, 0.25) is 5.91 Å². The third-order valence-electron chi connectivity index (χ3n) is 4.58. The largest absolute Gasteiger partial charge is 0.493 e. The van der Waals surface area contributed by atoms with Crippen molar-refractivity contribution in [3.05, 3.63) is 72.3 Å². The zero-order chi connectivity index (χ0) is 19.1. The lowest BCUT2D eigenvalue weighted by atomic mass is 9.95. The first-order valence-electron chi connectivity index (χ1n) is 9.19. The number of nitrogens with one attached hydrogen (secondary N) is 1. The van der Waals surface area contributed by atoms with Gasteiger partial charge >= 0.3 is 0 Å². The third-order valence-corrected chi connectivity index (χ3v) is 4.58. The highest BCUT2D eigenvalue weighted by molar-refractivity contribution is 5.86. The van der Waals surface area contributed by atoms with Gasteiger partial charge in [0.1, 0.15) is 6.61 Å². The van der Waals surface area contributed by atoms with E-state index in [4.69, 9.17) is 9.47 Å². The number of para-hydroxylation sites is 2. The summed E-state index contributed by atoms with van der Waals surface area (Å²) in [5.41, 5.74) is 1.20. The Balaban J connectivity index is 1.50. The molecule has 0 aliphatic heterocycles. The van der Waals surface area contributed by atoms with E-state index in [1.54, 1.807) is 7.11 Å². The van der Waals surface area contributed by atoms with E-state index in [2.05, 4.69) is 29.6 Å². The molecule has 3 aromatic carbocycles. The molecule has 0 aliphatic carbocycles. The molecule has 27 heavy (non-hydrogen) atoms. The van der Waals surface area contributed by atoms with Crippen molar-refractivity contribution in [3.63, 3.8) is 0 Å². The van der Waals surface area contributed by atoms with Crippen LogP contribution < -0.4 is 14.8 Å². The molecule has 0 aliphatic rings. The van der Waals surface area contributed by atoms with Gasteiger partial charge < -0.3 is 14.8 Å². The number of rotatable bonds is 8. The molecule has 4 nitrogen and oxygen atoms in total. The van der Waals surface area contributed by atoms with Crippen molar-refractivity contribution >= 4 is 16.7 Å². The van der Waals surface area contributed by atoms with Gasteiger partial charge in [-0.1, -0.05) is 61.5 Å².